The van der Waals surface area contributed by atoms with Gasteiger partial charge in [-0.05, 0) is 69.4 Å². The number of hydrogen-bond acceptors (Lipinski definition) is 4. The van der Waals surface area contributed by atoms with Crippen LogP contribution in [-0.2, 0) is 27.2 Å². The second kappa shape index (κ2) is 12.0. The lowest BCUT2D eigenvalue weighted by molar-refractivity contribution is -0.117. The molecule has 1 heterocycles. The molecule has 0 atom stereocenters. The van der Waals surface area contributed by atoms with Crippen LogP contribution < -0.4 is 16.1 Å². The lowest BCUT2D eigenvalue weighted by atomic mass is 9.79. The summed E-state index contributed by atoms with van der Waals surface area (Å²) in [4.78, 5) is 12.9. The Morgan fingerprint density at radius 1 is 0.925 bits per heavy atom. The minimum absolute atomic E-state index is 0.168. The molecule has 2 aromatic rings. The smallest absolute Gasteiger partial charge is 0.399 e. The van der Waals surface area contributed by atoms with E-state index < -0.39 is 47.6 Å². The van der Waals surface area contributed by atoms with Crippen molar-refractivity contribution in [2.75, 3.05) is 0 Å². The number of alkyl halides is 3. The van der Waals surface area contributed by atoms with Crippen molar-refractivity contribution in [3.8, 4) is 0 Å². The van der Waals surface area contributed by atoms with Crippen LogP contribution in [0.25, 0.3) is 0 Å². The van der Waals surface area contributed by atoms with E-state index in [1.807, 2.05) is 52.0 Å². The van der Waals surface area contributed by atoms with Gasteiger partial charge in [-0.25, -0.2) is 8.78 Å². The maximum atomic E-state index is 13.5. The zero-order chi connectivity index (χ0) is 29.9. The molecule has 0 aromatic heterocycles. The summed E-state index contributed by atoms with van der Waals surface area (Å²) >= 11 is 0. The molecule has 0 saturated carbocycles. The first-order chi connectivity index (χ1) is 18.5. The van der Waals surface area contributed by atoms with Crippen molar-refractivity contribution < 1.29 is 36.1 Å². The lowest BCUT2D eigenvalue weighted by Crippen LogP contribution is -2.41. The molecule has 0 bridgehead atoms. The van der Waals surface area contributed by atoms with Gasteiger partial charge in [0.15, 0.2) is 11.6 Å². The molecule has 40 heavy (non-hydrogen) atoms. The number of carbonyl (C=O) groups is 1. The van der Waals surface area contributed by atoms with Crippen LogP contribution in [0, 0.1) is 11.6 Å². The number of rotatable bonds is 9. The second-order valence-corrected chi connectivity index (χ2v) is 10.5. The molecule has 5 nitrogen and oxygen atoms in total. The molecule has 0 radical (unpaired) electrons. The van der Waals surface area contributed by atoms with Crippen LogP contribution in [0.1, 0.15) is 45.7 Å². The Kier molecular flexibility index (Phi) is 9.31. The molecule has 1 aliphatic heterocycles. The normalized spacial score (nSPS) is 17.4. The Hall–Kier alpha value is -3.44. The fraction of sp³-hybridized carbons (Fsp3) is 0.345. The van der Waals surface area contributed by atoms with Crippen molar-refractivity contribution in [3.63, 3.8) is 0 Å². The van der Waals surface area contributed by atoms with Gasteiger partial charge in [0.25, 0.3) is 5.91 Å². The molecule has 1 saturated heterocycles. The van der Waals surface area contributed by atoms with E-state index in [4.69, 9.17) is 9.31 Å². The van der Waals surface area contributed by atoms with Crippen LogP contribution in [-0.4, -0.2) is 30.4 Å². The maximum absolute atomic E-state index is 13.5. The molecule has 2 N–H and O–H groups in total. The maximum Gasteiger partial charge on any atom is 0.494 e. The first-order valence-corrected chi connectivity index (χ1v) is 12.6. The Morgan fingerprint density at radius 3 is 2.00 bits per heavy atom. The third kappa shape index (κ3) is 7.40. The zero-order valence-electron chi connectivity index (χ0n) is 23.0. The minimum atomic E-state index is -4.74. The van der Waals surface area contributed by atoms with E-state index in [1.54, 1.807) is 0 Å². The van der Waals surface area contributed by atoms with E-state index in [1.165, 1.54) is 13.0 Å². The number of nitrogens with one attached hydrogen (secondary N) is 2. The summed E-state index contributed by atoms with van der Waals surface area (Å²) in [6.45, 7) is 12.5. The molecule has 0 spiro atoms. The molecule has 0 aliphatic carbocycles. The highest BCUT2D eigenvalue weighted by atomic mass is 19.4. The Bertz CT molecular complexity index is 1300. The molecule has 0 unspecified atom stereocenters. The van der Waals surface area contributed by atoms with Crippen molar-refractivity contribution in [3.05, 3.63) is 101 Å². The van der Waals surface area contributed by atoms with E-state index in [-0.39, 0.29) is 29.9 Å². The molecular weight excluding hydrogens is 530 g/mol. The summed E-state index contributed by atoms with van der Waals surface area (Å²) in [5, 5.41) is 5.45. The molecule has 3 rings (SSSR count). The monoisotopic (exact) mass is 562 g/mol. The Morgan fingerprint density at radius 2 is 1.48 bits per heavy atom. The number of carbonyl (C=O) groups excluding carboxylic acids is 1. The van der Waals surface area contributed by atoms with Gasteiger partial charge < -0.3 is 19.9 Å². The van der Waals surface area contributed by atoms with Crippen LogP contribution in [0.3, 0.4) is 0 Å². The minimum Gasteiger partial charge on any atom is -0.399 e. The van der Waals surface area contributed by atoms with Crippen LogP contribution in [0.5, 0.6) is 0 Å². The predicted octanol–water partition coefficient (Wildman–Crippen LogP) is 5.62. The molecule has 1 fully saturated rings. The third-order valence-electron chi connectivity index (χ3n) is 7.00. The van der Waals surface area contributed by atoms with Gasteiger partial charge in [0.2, 0.25) is 0 Å². The second-order valence-electron chi connectivity index (χ2n) is 10.5. The van der Waals surface area contributed by atoms with Gasteiger partial charge in [-0.2, -0.15) is 13.2 Å². The van der Waals surface area contributed by atoms with Gasteiger partial charge in [-0.1, -0.05) is 43.0 Å². The largest absolute Gasteiger partial charge is 0.494 e. The van der Waals surface area contributed by atoms with Crippen LogP contribution >= 0.6 is 0 Å². The SMILES string of the molecule is C=C/C(=C\C(C(=O)NCc1ccc(F)c(F)c1)=C(/C)NCc1ccc(B2OC(C)(C)C(C)(C)O2)cc1)C(F)(F)F. The average molecular weight is 562 g/mol. The highest BCUT2D eigenvalue weighted by molar-refractivity contribution is 6.62. The number of halogens is 5. The fourth-order valence-corrected chi connectivity index (χ4v) is 3.78. The average Bonchev–Trinajstić information content (AvgIpc) is 3.09. The number of amides is 1. The van der Waals surface area contributed by atoms with E-state index >= 15 is 0 Å². The summed E-state index contributed by atoms with van der Waals surface area (Å²) in [6, 6.07) is 10.4. The number of hydrogen-bond donors (Lipinski definition) is 2. The summed E-state index contributed by atoms with van der Waals surface area (Å²) in [6.07, 6.45) is -3.43. The van der Waals surface area contributed by atoms with Crippen molar-refractivity contribution in [2.24, 2.45) is 0 Å². The topological polar surface area (TPSA) is 59.6 Å². The van der Waals surface area contributed by atoms with Gasteiger partial charge in [0.05, 0.1) is 22.3 Å². The highest BCUT2D eigenvalue weighted by Crippen LogP contribution is 2.36. The van der Waals surface area contributed by atoms with Gasteiger partial charge in [-0.3, -0.25) is 4.79 Å². The number of allylic oxidation sites excluding steroid dienone is 3. The summed E-state index contributed by atoms with van der Waals surface area (Å²) in [5.41, 5.74) is -0.363. The first-order valence-electron chi connectivity index (χ1n) is 12.6. The molecule has 1 aliphatic rings. The third-order valence-corrected chi connectivity index (χ3v) is 7.00. The number of benzene rings is 2. The van der Waals surface area contributed by atoms with Crippen LogP contribution in [0.4, 0.5) is 22.0 Å². The van der Waals surface area contributed by atoms with Crippen LogP contribution in [0.2, 0.25) is 0 Å². The zero-order valence-corrected chi connectivity index (χ0v) is 23.0. The Balaban J connectivity index is 1.78. The van der Waals surface area contributed by atoms with Gasteiger partial charge in [0, 0.05) is 18.8 Å². The van der Waals surface area contributed by atoms with E-state index in [0.717, 1.165) is 23.2 Å². The van der Waals surface area contributed by atoms with Crippen molar-refractivity contribution in [1.82, 2.24) is 10.6 Å². The van der Waals surface area contributed by atoms with E-state index in [0.29, 0.717) is 12.2 Å². The fourth-order valence-electron chi connectivity index (χ4n) is 3.78. The van der Waals surface area contributed by atoms with E-state index in [2.05, 4.69) is 17.2 Å². The van der Waals surface area contributed by atoms with Crippen molar-refractivity contribution in [1.29, 1.82) is 0 Å². The Labute approximate surface area is 231 Å². The van der Waals surface area contributed by atoms with Gasteiger partial charge in [0.1, 0.15) is 0 Å². The summed E-state index contributed by atoms with van der Waals surface area (Å²) in [5.74, 6) is -2.99. The molecule has 2 aromatic carbocycles. The molecule has 214 valence electrons. The van der Waals surface area contributed by atoms with Crippen molar-refractivity contribution >= 4 is 18.5 Å². The van der Waals surface area contributed by atoms with Crippen LogP contribution in [0.15, 0.2) is 78.0 Å². The molecular formula is C29H32BF5N2O3. The summed E-state index contributed by atoms with van der Waals surface area (Å²) < 4.78 is 79.1. The standard InChI is InChI=1S/C29H32BF5N2O3/c1-7-21(29(33,34)35)15-23(26(38)37-17-20-10-13-24(31)25(32)14-20)18(2)36-16-19-8-11-22(12-9-19)30-39-27(3,4)28(5,6)40-30/h7-15,36H,1,16-17H2,2-6H3,(H,37,38)/b21-15+,23-18-. The van der Waals surface area contributed by atoms with Gasteiger partial charge in [-0.15, -0.1) is 0 Å². The van der Waals surface area contributed by atoms with Gasteiger partial charge >= 0.3 is 13.3 Å². The van der Waals surface area contributed by atoms with Crippen molar-refractivity contribution in [2.45, 2.75) is 65.1 Å². The highest BCUT2D eigenvalue weighted by Gasteiger charge is 2.51. The molecule has 1 amide bonds. The quantitative estimate of drug-likeness (QED) is 0.180. The molecule has 11 heteroatoms. The summed E-state index contributed by atoms with van der Waals surface area (Å²) in [7, 11) is -0.539. The first kappa shape index (κ1) is 31.1. The predicted molar refractivity (Wildman–Crippen MR) is 144 cm³/mol. The lowest BCUT2D eigenvalue weighted by Gasteiger charge is -2.32. The van der Waals surface area contributed by atoms with E-state index in [9.17, 15) is 26.7 Å².